The average Bonchev–Trinajstić information content (AvgIpc) is 3.52. The Kier molecular flexibility index (Phi) is 18.8. The maximum atomic E-state index is 13.8. The second kappa shape index (κ2) is 22.4. The van der Waals surface area contributed by atoms with Crippen molar-refractivity contribution in [3.63, 3.8) is 0 Å². The van der Waals surface area contributed by atoms with Crippen LogP contribution in [0.5, 0.6) is 0 Å². The number of aromatic nitrogens is 1. The number of rotatable bonds is 24. The van der Waals surface area contributed by atoms with Crippen LogP contribution in [0.4, 0.5) is 0 Å². The number of primary amides is 1. The molecule has 0 unspecified atom stereocenters. The topological polar surface area (TPSA) is 294 Å². The molecule has 0 fully saturated rings. The van der Waals surface area contributed by atoms with Crippen molar-refractivity contribution >= 4 is 52.3 Å². The lowest BCUT2D eigenvalue weighted by atomic mass is 9.98. The quantitative estimate of drug-likeness (QED) is 0.0651. The van der Waals surface area contributed by atoms with Gasteiger partial charge in [-0.25, -0.2) is 4.79 Å². The Morgan fingerprint density at radius 3 is 1.85 bits per heavy atom. The highest BCUT2D eigenvalue weighted by Gasteiger charge is 2.34. The second-order valence-corrected chi connectivity index (χ2v) is 15.1. The monoisotopic (exact) mass is 771 g/mol. The van der Waals surface area contributed by atoms with E-state index in [4.69, 9.17) is 17.2 Å². The first-order chi connectivity index (χ1) is 25.9. The van der Waals surface area contributed by atoms with Gasteiger partial charge in [-0.3, -0.25) is 28.8 Å². The van der Waals surface area contributed by atoms with Gasteiger partial charge >= 0.3 is 5.97 Å². The largest absolute Gasteiger partial charge is 0.480 e. The van der Waals surface area contributed by atoms with E-state index in [-0.39, 0.29) is 43.9 Å². The van der Waals surface area contributed by atoms with E-state index < -0.39 is 83.6 Å². The van der Waals surface area contributed by atoms with Crippen LogP contribution in [0, 0.1) is 17.8 Å². The highest BCUT2D eigenvalue weighted by atomic mass is 16.4. The van der Waals surface area contributed by atoms with Gasteiger partial charge in [0.15, 0.2) is 0 Å². The van der Waals surface area contributed by atoms with Crippen molar-refractivity contribution in [2.24, 2.45) is 35.0 Å². The van der Waals surface area contributed by atoms with E-state index in [1.807, 2.05) is 32.0 Å². The lowest BCUT2D eigenvalue weighted by Crippen LogP contribution is -2.60. The molecule has 0 aliphatic carbocycles. The molecule has 1 aromatic heterocycles. The number of fused-ring (bicyclic) bond motifs is 1. The van der Waals surface area contributed by atoms with Crippen molar-refractivity contribution in [1.29, 1.82) is 0 Å². The number of unbranched alkanes of at least 4 members (excludes halogenated alkanes) is 1. The highest BCUT2D eigenvalue weighted by Crippen LogP contribution is 2.19. The third-order valence-corrected chi connectivity index (χ3v) is 9.21. The third kappa shape index (κ3) is 15.0. The zero-order chi connectivity index (χ0) is 41.4. The minimum absolute atomic E-state index is 0.0714. The van der Waals surface area contributed by atoms with Crippen molar-refractivity contribution in [3.8, 4) is 0 Å². The van der Waals surface area contributed by atoms with Gasteiger partial charge in [0.25, 0.3) is 0 Å². The molecule has 6 amide bonds. The summed E-state index contributed by atoms with van der Waals surface area (Å²) in [6.07, 6.45) is 2.57. The molecular formula is C38H61N9O8. The molecule has 306 valence electrons. The molecule has 0 aliphatic rings. The van der Waals surface area contributed by atoms with Crippen LogP contribution in [0.1, 0.15) is 85.6 Å². The Balaban J connectivity index is 2.27. The Hall–Kier alpha value is -5.03. The summed E-state index contributed by atoms with van der Waals surface area (Å²) in [5.41, 5.74) is 18.4. The number of benzene rings is 1. The van der Waals surface area contributed by atoms with E-state index in [2.05, 4.69) is 31.6 Å². The molecule has 1 aromatic carbocycles. The Morgan fingerprint density at radius 2 is 1.27 bits per heavy atom. The number of nitrogens with two attached hydrogens (primary N) is 3. The van der Waals surface area contributed by atoms with Crippen LogP contribution in [0.3, 0.4) is 0 Å². The second-order valence-electron chi connectivity index (χ2n) is 15.1. The number of para-hydroxylation sites is 1. The molecule has 0 bridgehead atoms. The maximum Gasteiger partial charge on any atom is 0.326 e. The molecule has 0 saturated carbocycles. The molecule has 1 heterocycles. The summed E-state index contributed by atoms with van der Waals surface area (Å²) in [4.78, 5) is 94.6. The SMILES string of the molecule is CC(C)C[C@H](NC(=O)[C@@H](NC(=O)[C@H](CCCCN)NC(=O)[C@@H](N)C(C)C)C(C)C)C(=O)N[C@@H](CCC(N)=O)C(=O)N[C@@H](Cc1c[nH]c2ccccc12)C(=O)O. The van der Waals surface area contributed by atoms with Crippen molar-refractivity contribution in [2.75, 3.05) is 6.54 Å². The van der Waals surface area contributed by atoms with Gasteiger partial charge < -0.3 is 53.9 Å². The van der Waals surface area contributed by atoms with Gasteiger partial charge in [-0.1, -0.05) is 59.7 Å². The highest BCUT2D eigenvalue weighted by molar-refractivity contribution is 5.96. The molecule has 0 radical (unpaired) electrons. The first-order valence-corrected chi connectivity index (χ1v) is 18.9. The van der Waals surface area contributed by atoms with Gasteiger partial charge in [-0.15, -0.1) is 0 Å². The summed E-state index contributed by atoms with van der Waals surface area (Å²) >= 11 is 0. The fourth-order valence-corrected chi connectivity index (χ4v) is 5.91. The minimum Gasteiger partial charge on any atom is -0.480 e. The molecule has 55 heavy (non-hydrogen) atoms. The van der Waals surface area contributed by atoms with Gasteiger partial charge in [0, 0.05) is 29.9 Å². The fourth-order valence-electron chi connectivity index (χ4n) is 5.91. The first kappa shape index (κ1) is 46.1. The lowest BCUT2D eigenvalue weighted by Gasteiger charge is -2.29. The number of hydrogen-bond acceptors (Lipinski definition) is 9. The Morgan fingerprint density at radius 1 is 0.709 bits per heavy atom. The number of aliphatic carboxylic acids is 1. The molecule has 0 saturated heterocycles. The Labute approximate surface area is 322 Å². The van der Waals surface area contributed by atoms with Crippen LogP contribution in [0.2, 0.25) is 0 Å². The third-order valence-electron chi connectivity index (χ3n) is 9.21. The Bertz CT molecular complexity index is 1630. The maximum absolute atomic E-state index is 13.8. The van der Waals surface area contributed by atoms with Crippen LogP contribution in [-0.2, 0) is 40.0 Å². The number of nitrogens with one attached hydrogen (secondary N) is 6. The summed E-state index contributed by atoms with van der Waals surface area (Å²) in [5.74, 6) is -6.24. The van der Waals surface area contributed by atoms with Crippen LogP contribution in [0.25, 0.3) is 10.9 Å². The molecular weight excluding hydrogens is 710 g/mol. The molecule has 6 atom stereocenters. The summed E-state index contributed by atoms with van der Waals surface area (Å²) in [6.45, 7) is 11.0. The van der Waals surface area contributed by atoms with E-state index in [1.54, 1.807) is 40.0 Å². The molecule has 17 nitrogen and oxygen atoms in total. The van der Waals surface area contributed by atoms with Crippen molar-refractivity contribution < 1.29 is 38.7 Å². The van der Waals surface area contributed by atoms with E-state index in [9.17, 15) is 38.7 Å². The fraction of sp³-hybridized carbons (Fsp3) is 0.605. The predicted octanol–water partition coefficient (Wildman–Crippen LogP) is 0.299. The van der Waals surface area contributed by atoms with Crippen molar-refractivity contribution in [2.45, 2.75) is 123 Å². The number of carboxylic acid groups (broad SMARTS) is 1. The molecule has 0 aliphatic heterocycles. The smallest absolute Gasteiger partial charge is 0.326 e. The minimum atomic E-state index is -1.38. The zero-order valence-corrected chi connectivity index (χ0v) is 32.8. The number of aromatic amines is 1. The normalized spacial score (nSPS) is 14.7. The van der Waals surface area contributed by atoms with E-state index in [0.717, 1.165) is 10.9 Å². The van der Waals surface area contributed by atoms with E-state index in [0.29, 0.717) is 24.9 Å². The van der Waals surface area contributed by atoms with Crippen molar-refractivity contribution in [1.82, 2.24) is 31.6 Å². The van der Waals surface area contributed by atoms with Gasteiger partial charge in [0.2, 0.25) is 35.4 Å². The van der Waals surface area contributed by atoms with Gasteiger partial charge in [-0.05, 0) is 68.0 Å². The molecule has 17 heteroatoms. The van der Waals surface area contributed by atoms with Crippen LogP contribution < -0.4 is 43.8 Å². The van der Waals surface area contributed by atoms with Gasteiger partial charge in [0.1, 0.15) is 30.2 Å². The summed E-state index contributed by atoms with van der Waals surface area (Å²) < 4.78 is 0. The summed E-state index contributed by atoms with van der Waals surface area (Å²) in [6, 6.07) is 0.344. The number of carbonyl (C=O) groups excluding carboxylic acids is 6. The molecule has 13 N–H and O–H groups in total. The number of H-pyrrole nitrogens is 1. The predicted molar refractivity (Wildman–Crippen MR) is 208 cm³/mol. The molecule has 2 aromatic rings. The van der Waals surface area contributed by atoms with E-state index >= 15 is 0 Å². The summed E-state index contributed by atoms with van der Waals surface area (Å²) in [7, 11) is 0. The van der Waals surface area contributed by atoms with Gasteiger partial charge in [0.05, 0.1) is 6.04 Å². The van der Waals surface area contributed by atoms with Crippen LogP contribution in [0.15, 0.2) is 30.5 Å². The van der Waals surface area contributed by atoms with E-state index in [1.165, 1.54) is 0 Å². The first-order valence-electron chi connectivity index (χ1n) is 18.9. The summed E-state index contributed by atoms with van der Waals surface area (Å²) in [5, 5.41) is 24.0. The van der Waals surface area contributed by atoms with Gasteiger partial charge in [-0.2, -0.15) is 0 Å². The zero-order valence-electron chi connectivity index (χ0n) is 32.8. The van der Waals surface area contributed by atoms with Crippen molar-refractivity contribution in [3.05, 3.63) is 36.0 Å². The molecule has 0 spiro atoms. The van der Waals surface area contributed by atoms with Crippen LogP contribution >= 0.6 is 0 Å². The van der Waals surface area contributed by atoms with Crippen LogP contribution in [-0.4, -0.2) is 94.3 Å². The number of amides is 6. The lowest BCUT2D eigenvalue weighted by molar-refractivity contribution is -0.142. The molecule has 2 rings (SSSR count). The average molecular weight is 772 g/mol. The standard InChI is InChI=1S/C38H61N9O8/c1-20(2)17-28(45-37(53)32(22(5)6)47-34(50)26(13-9-10-16-39)44-36(52)31(41)21(3)4)35(51)43-27(14-15-30(40)48)33(49)46-29(38(54)55)18-23-19-42-25-12-8-7-11-24(23)25/h7-8,11-12,19-22,26-29,31-32,42H,9-10,13-18,39,41H2,1-6H3,(H2,40,48)(H,43,51)(H,44,52)(H,45,53)(H,46,49)(H,47,50)(H,54,55)/t26-,27-,28-,29-,31-,32-/m0/s1. The number of hydrogen-bond donors (Lipinski definition) is 10. The number of carboxylic acids is 1. The number of carbonyl (C=O) groups is 7.